The first-order valence-electron chi connectivity index (χ1n) is 13.1. The lowest BCUT2D eigenvalue weighted by Gasteiger charge is -2.39. The molecule has 1 atom stereocenters. The van der Waals surface area contributed by atoms with Crippen LogP contribution >= 0.6 is 0 Å². The van der Waals surface area contributed by atoms with Crippen molar-refractivity contribution in [2.24, 2.45) is 11.8 Å². The molecule has 0 unspecified atom stereocenters. The van der Waals surface area contributed by atoms with Gasteiger partial charge in [0.15, 0.2) is 0 Å². The summed E-state index contributed by atoms with van der Waals surface area (Å²) in [6.07, 6.45) is 6.75. The summed E-state index contributed by atoms with van der Waals surface area (Å²) in [5.41, 5.74) is 3.28. The second kappa shape index (κ2) is 10.8. The molecule has 186 valence electrons. The minimum atomic E-state index is -0.827. The number of benzene rings is 1. The van der Waals surface area contributed by atoms with E-state index < -0.39 is 12.0 Å². The first-order valence-corrected chi connectivity index (χ1v) is 13.1. The van der Waals surface area contributed by atoms with E-state index in [2.05, 4.69) is 17.4 Å². The summed E-state index contributed by atoms with van der Waals surface area (Å²) in [7, 11) is 0. The number of pyridine rings is 1. The second-order valence-electron chi connectivity index (χ2n) is 10.3. The normalized spacial score (nSPS) is 20.6. The van der Waals surface area contributed by atoms with Gasteiger partial charge in [0.1, 0.15) is 11.9 Å². The number of aliphatic carboxylic acids is 1. The molecule has 5 rings (SSSR count). The summed E-state index contributed by atoms with van der Waals surface area (Å²) >= 11 is 0. The molecule has 3 aliphatic rings. The molecular weight excluding hydrogens is 440 g/mol. The standard InChI is InChI=1S/C28H36N4O3/c33-27(23-12-17-31(18-13-23)25(28(34)35)21-5-2-1-3-6-21)32-15-10-20(11-16-32)19-24-9-8-22-7-4-14-29-26(22)30-24/h1-3,5-6,8-9,20,23,25H,4,7,10-19H2,(H,29,30)(H,34,35)/t25-/m1/s1. The van der Waals surface area contributed by atoms with E-state index in [1.54, 1.807) is 0 Å². The summed E-state index contributed by atoms with van der Waals surface area (Å²) in [6, 6.07) is 13.2. The molecule has 7 nitrogen and oxygen atoms in total. The smallest absolute Gasteiger partial charge is 0.325 e. The SMILES string of the molecule is O=C(O)[C@@H](c1ccccc1)N1CCC(C(=O)N2CCC(Cc3ccc4c(n3)NCCC4)CC2)CC1. The Morgan fingerprint density at radius 3 is 2.46 bits per heavy atom. The van der Waals surface area contributed by atoms with Gasteiger partial charge >= 0.3 is 5.97 Å². The molecule has 0 aliphatic carbocycles. The Hall–Kier alpha value is -2.93. The third-order valence-electron chi connectivity index (χ3n) is 7.97. The Morgan fingerprint density at radius 2 is 1.74 bits per heavy atom. The van der Waals surface area contributed by atoms with E-state index in [0.717, 1.165) is 75.2 Å². The van der Waals surface area contributed by atoms with Crippen molar-refractivity contribution >= 4 is 17.7 Å². The van der Waals surface area contributed by atoms with Crippen LogP contribution in [0.2, 0.25) is 0 Å². The van der Waals surface area contributed by atoms with Crippen molar-refractivity contribution in [1.82, 2.24) is 14.8 Å². The lowest BCUT2D eigenvalue weighted by Crippen LogP contribution is -2.47. The number of fused-ring (bicyclic) bond motifs is 1. The van der Waals surface area contributed by atoms with Crippen LogP contribution in [0.5, 0.6) is 0 Å². The predicted octanol–water partition coefficient (Wildman–Crippen LogP) is 3.76. The Morgan fingerprint density at radius 1 is 1.00 bits per heavy atom. The van der Waals surface area contributed by atoms with Crippen molar-refractivity contribution in [3.63, 3.8) is 0 Å². The van der Waals surface area contributed by atoms with Crippen LogP contribution in [0.15, 0.2) is 42.5 Å². The Balaban J connectivity index is 1.10. The van der Waals surface area contributed by atoms with Crippen LogP contribution in [0.1, 0.15) is 55.0 Å². The number of carboxylic acid groups (broad SMARTS) is 1. The number of carbonyl (C=O) groups excluding carboxylic acids is 1. The summed E-state index contributed by atoms with van der Waals surface area (Å²) in [6.45, 7) is 3.91. The molecule has 0 saturated carbocycles. The molecule has 1 amide bonds. The van der Waals surface area contributed by atoms with Crippen molar-refractivity contribution in [3.05, 3.63) is 59.3 Å². The molecule has 7 heteroatoms. The average Bonchev–Trinajstić information content (AvgIpc) is 2.90. The topological polar surface area (TPSA) is 85.8 Å². The summed E-state index contributed by atoms with van der Waals surface area (Å²) < 4.78 is 0. The maximum atomic E-state index is 13.2. The number of nitrogens with zero attached hydrogens (tertiary/aromatic N) is 3. The summed E-state index contributed by atoms with van der Waals surface area (Å²) in [5.74, 6) is 1.06. The van der Waals surface area contributed by atoms with Gasteiger partial charge < -0.3 is 15.3 Å². The van der Waals surface area contributed by atoms with E-state index >= 15 is 0 Å². The van der Waals surface area contributed by atoms with Gasteiger partial charge in [0.05, 0.1) is 0 Å². The van der Waals surface area contributed by atoms with E-state index in [-0.39, 0.29) is 11.8 Å². The van der Waals surface area contributed by atoms with Gasteiger partial charge in [0, 0.05) is 44.3 Å². The number of piperidine rings is 2. The van der Waals surface area contributed by atoms with Crippen molar-refractivity contribution in [2.45, 2.75) is 51.0 Å². The van der Waals surface area contributed by atoms with E-state index in [4.69, 9.17) is 4.98 Å². The fraction of sp³-hybridized carbons (Fsp3) is 0.536. The zero-order chi connectivity index (χ0) is 24.2. The fourth-order valence-electron chi connectivity index (χ4n) is 5.94. The van der Waals surface area contributed by atoms with E-state index in [9.17, 15) is 14.7 Å². The van der Waals surface area contributed by atoms with Gasteiger partial charge in [-0.2, -0.15) is 0 Å². The highest BCUT2D eigenvalue weighted by Crippen LogP contribution is 2.30. The van der Waals surface area contributed by atoms with E-state index in [1.165, 1.54) is 12.0 Å². The maximum absolute atomic E-state index is 13.2. The molecule has 2 N–H and O–H groups in total. The second-order valence-corrected chi connectivity index (χ2v) is 10.3. The highest BCUT2D eigenvalue weighted by atomic mass is 16.4. The number of aromatic nitrogens is 1. The largest absolute Gasteiger partial charge is 0.480 e. The van der Waals surface area contributed by atoms with Crippen molar-refractivity contribution in [1.29, 1.82) is 0 Å². The molecule has 1 aromatic heterocycles. The first kappa shape index (κ1) is 23.8. The Kier molecular flexibility index (Phi) is 7.32. The number of carboxylic acids is 1. The molecule has 35 heavy (non-hydrogen) atoms. The van der Waals surface area contributed by atoms with Gasteiger partial charge in [0.2, 0.25) is 5.91 Å². The van der Waals surface area contributed by atoms with Gasteiger partial charge in [-0.15, -0.1) is 0 Å². The monoisotopic (exact) mass is 476 g/mol. The predicted molar refractivity (Wildman–Crippen MR) is 135 cm³/mol. The number of hydrogen-bond donors (Lipinski definition) is 2. The number of hydrogen-bond acceptors (Lipinski definition) is 5. The van der Waals surface area contributed by atoms with Crippen molar-refractivity contribution < 1.29 is 14.7 Å². The minimum Gasteiger partial charge on any atom is -0.480 e. The van der Waals surface area contributed by atoms with Crippen LogP contribution in [-0.4, -0.2) is 64.5 Å². The Labute approximate surface area is 207 Å². The van der Waals surface area contributed by atoms with Crippen LogP contribution in [0.4, 0.5) is 5.82 Å². The molecule has 4 heterocycles. The van der Waals surface area contributed by atoms with E-state index in [1.807, 2.05) is 40.1 Å². The number of amides is 1. The number of likely N-dealkylation sites (tertiary alicyclic amines) is 2. The zero-order valence-corrected chi connectivity index (χ0v) is 20.4. The molecule has 0 spiro atoms. The highest BCUT2D eigenvalue weighted by Gasteiger charge is 2.35. The third kappa shape index (κ3) is 5.50. The Bertz CT molecular complexity index is 1030. The minimum absolute atomic E-state index is 0.00130. The van der Waals surface area contributed by atoms with Crippen LogP contribution < -0.4 is 5.32 Å². The lowest BCUT2D eigenvalue weighted by molar-refractivity contribution is -0.145. The summed E-state index contributed by atoms with van der Waals surface area (Å²) in [5, 5.41) is 13.2. The maximum Gasteiger partial charge on any atom is 0.325 e. The van der Waals surface area contributed by atoms with Crippen LogP contribution in [0.3, 0.4) is 0 Å². The number of nitrogens with one attached hydrogen (secondary N) is 1. The molecule has 0 radical (unpaired) electrons. The van der Waals surface area contributed by atoms with Gasteiger partial charge in [-0.05, 0) is 68.1 Å². The van der Waals surface area contributed by atoms with Gasteiger partial charge in [-0.25, -0.2) is 4.98 Å². The van der Waals surface area contributed by atoms with Crippen molar-refractivity contribution in [2.75, 3.05) is 38.0 Å². The van der Waals surface area contributed by atoms with Gasteiger partial charge in [0.25, 0.3) is 0 Å². The third-order valence-corrected chi connectivity index (χ3v) is 7.97. The lowest BCUT2D eigenvalue weighted by atomic mass is 9.89. The number of aryl methyl sites for hydroxylation is 1. The number of carbonyl (C=O) groups is 2. The summed E-state index contributed by atoms with van der Waals surface area (Å²) in [4.78, 5) is 34.1. The number of anilines is 1. The average molecular weight is 477 g/mol. The fourth-order valence-corrected chi connectivity index (χ4v) is 5.94. The highest BCUT2D eigenvalue weighted by molar-refractivity contribution is 5.79. The molecular formula is C28H36N4O3. The van der Waals surface area contributed by atoms with Gasteiger partial charge in [-0.1, -0.05) is 36.4 Å². The molecule has 3 aliphatic heterocycles. The van der Waals surface area contributed by atoms with E-state index in [0.29, 0.717) is 19.0 Å². The first-order chi connectivity index (χ1) is 17.1. The quantitative estimate of drug-likeness (QED) is 0.660. The van der Waals surface area contributed by atoms with Gasteiger partial charge in [-0.3, -0.25) is 14.5 Å². The van der Waals surface area contributed by atoms with Crippen LogP contribution in [0.25, 0.3) is 0 Å². The van der Waals surface area contributed by atoms with Crippen LogP contribution in [0, 0.1) is 11.8 Å². The zero-order valence-electron chi connectivity index (χ0n) is 20.4. The molecule has 0 bridgehead atoms. The molecule has 1 aromatic carbocycles. The molecule has 2 saturated heterocycles. The molecule has 2 aromatic rings. The van der Waals surface area contributed by atoms with Crippen LogP contribution in [-0.2, 0) is 22.4 Å². The number of rotatable bonds is 6. The molecule has 2 fully saturated rings. The van der Waals surface area contributed by atoms with Crippen molar-refractivity contribution in [3.8, 4) is 0 Å².